The molecule has 2 aromatic carbocycles. The minimum absolute atomic E-state index is 0.0966. The summed E-state index contributed by atoms with van der Waals surface area (Å²) in [5.74, 6) is -1.03. The molecule has 0 aliphatic carbocycles. The number of benzene rings is 2. The second kappa shape index (κ2) is 11.4. The molecule has 7 nitrogen and oxygen atoms in total. The van der Waals surface area contributed by atoms with Gasteiger partial charge in [-0.3, -0.25) is 9.59 Å². The highest BCUT2D eigenvalue weighted by Gasteiger charge is 2.46. The van der Waals surface area contributed by atoms with Crippen LogP contribution in [0.3, 0.4) is 0 Å². The van der Waals surface area contributed by atoms with Crippen molar-refractivity contribution >= 4 is 23.1 Å². The van der Waals surface area contributed by atoms with Crippen LogP contribution in [0, 0.1) is 6.92 Å². The molecule has 188 valence electrons. The summed E-state index contributed by atoms with van der Waals surface area (Å²) >= 11 is 0. The third kappa shape index (κ3) is 5.51. The first-order chi connectivity index (χ1) is 16.7. The van der Waals surface area contributed by atoms with Gasteiger partial charge in [0.1, 0.15) is 11.5 Å². The number of hydrogen-bond acceptors (Lipinski definition) is 6. The fourth-order valence-corrected chi connectivity index (χ4v) is 4.62. The van der Waals surface area contributed by atoms with Gasteiger partial charge in [0, 0.05) is 25.3 Å². The molecule has 1 saturated heterocycles. The number of likely N-dealkylation sites (tertiary alicyclic amines) is 1. The van der Waals surface area contributed by atoms with Gasteiger partial charge in [-0.15, -0.1) is 0 Å². The highest BCUT2D eigenvalue weighted by Crippen LogP contribution is 2.41. The minimum atomic E-state index is -0.673. The molecule has 7 heteroatoms. The van der Waals surface area contributed by atoms with Crippen LogP contribution in [0.15, 0.2) is 48.0 Å². The lowest BCUT2D eigenvalue weighted by Crippen LogP contribution is -2.32. The number of anilines is 1. The van der Waals surface area contributed by atoms with Crippen molar-refractivity contribution in [3.63, 3.8) is 0 Å². The van der Waals surface area contributed by atoms with Crippen molar-refractivity contribution in [1.82, 2.24) is 9.80 Å². The van der Waals surface area contributed by atoms with Gasteiger partial charge < -0.3 is 24.5 Å². The van der Waals surface area contributed by atoms with E-state index < -0.39 is 17.7 Å². The van der Waals surface area contributed by atoms with Gasteiger partial charge in [-0.25, -0.2) is 0 Å². The van der Waals surface area contributed by atoms with Crippen molar-refractivity contribution in [3.8, 4) is 5.75 Å². The molecule has 1 aliphatic heterocycles. The number of carbonyl (C=O) groups excluding carboxylic acids is 2. The van der Waals surface area contributed by atoms with E-state index in [1.165, 1.54) is 7.11 Å². The molecule has 0 radical (unpaired) electrons. The van der Waals surface area contributed by atoms with Crippen LogP contribution in [0.25, 0.3) is 5.76 Å². The molecule has 1 aliphatic rings. The Hall–Kier alpha value is -3.32. The predicted molar refractivity (Wildman–Crippen MR) is 140 cm³/mol. The molecule has 1 atom stereocenters. The molecule has 1 fully saturated rings. The highest BCUT2D eigenvalue weighted by atomic mass is 16.5. The van der Waals surface area contributed by atoms with E-state index in [-0.39, 0.29) is 11.3 Å². The maximum absolute atomic E-state index is 13.3. The monoisotopic (exact) mass is 479 g/mol. The van der Waals surface area contributed by atoms with Crippen molar-refractivity contribution in [1.29, 1.82) is 0 Å². The summed E-state index contributed by atoms with van der Waals surface area (Å²) in [7, 11) is 5.47. The molecule has 0 aromatic heterocycles. The van der Waals surface area contributed by atoms with Gasteiger partial charge >= 0.3 is 0 Å². The summed E-state index contributed by atoms with van der Waals surface area (Å²) in [4.78, 5) is 32.3. The van der Waals surface area contributed by atoms with Gasteiger partial charge in [-0.2, -0.15) is 0 Å². The Kier molecular flexibility index (Phi) is 8.57. The summed E-state index contributed by atoms with van der Waals surface area (Å²) < 4.78 is 5.45. The first kappa shape index (κ1) is 26.3. The van der Waals surface area contributed by atoms with Crippen LogP contribution in [0.5, 0.6) is 5.75 Å². The number of aliphatic hydroxyl groups is 1. The summed E-state index contributed by atoms with van der Waals surface area (Å²) in [6, 6.07) is 12.6. The molecule has 1 unspecified atom stereocenters. The van der Waals surface area contributed by atoms with E-state index in [0.29, 0.717) is 24.3 Å². The highest BCUT2D eigenvalue weighted by molar-refractivity contribution is 6.46. The van der Waals surface area contributed by atoms with E-state index in [1.807, 2.05) is 56.3 Å². The maximum atomic E-state index is 13.3. The lowest BCUT2D eigenvalue weighted by Gasteiger charge is -2.27. The first-order valence-corrected chi connectivity index (χ1v) is 12.2. The molecule has 0 bridgehead atoms. The molecule has 0 saturated carbocycles. The summed E-state index contributed by atoms with van der Waals surface area (Å²) in [5, 5.41) is 11.4. The van der Waals surface area contributed by atoms with E-state index in [9.17, 15) is 14.7 Å². The number of aliphatic hydroxyl groups excluding tert-OH is 1. The number of rotatable bonds is 10. The average Bonchev–Trinajstić information content (AvgIpc) is 3.09. The number of aryl methyl sites for hydroxylation is 1. The van der Waals surface area contributed by atoms with Crippen molar-refractivity contribution < 1.29 is 19.4 Å². The Bertz CT molecular complexity index is 1090. The van der Waals surface area contributed by atoms with Gasteiger partial charge in [0.2, 0.25) is 0 Å². The number of amides is 1. The third-order valence-corrected chi connectivity index (χ3v) is 6.49. The molecule has 1 N–H and O–H groups in total. The largest absolute Gasteiger partial charge is 0.507 e. The van der Waals surface area contributed by atoms with Crippen molar-refractivity contribution in [2.75, 3.05) is 52.3 Å². The zero-order valence-electron chi connectivity index (χ0n) is 21.7. The molecule has 35 heavy (non-hydrogen) atoms. The molecule has 1 amide bonds. The number of nitrogens with zero attached hydrogens (tertiary/aromatic N) is 3. The Balaban J connectivity index is 2.14. The van der Waals surface area contributed by atoms with Gasteiger partial charge in [-0.05, 0) is 77.7 Å². The van der Waals surface area contributed by atoms with E-state index in [4.69, 9.17) is 4.74 Å². The molecular weight excluding hydrogens is 442 g/mol. The van der Waals surface area contributed by atoms with Crippen LogP contribution >= 0.6 is 0 Å². The third-order valence-electron chi connectivity index (χ3n) is 6.49. The average molecular weight is 480 g/mol. The molecule has 0 spiro atoms. The van der Waals surface area contributed by atoms with Gasteiger partial charge in [0.05, 0.1) is 24.3 Å². The smallest absolute Gasteiger partial charge is 0.295 e. The number of hydrogen-bond donors (Lipinski definition) is 1. The van der Waals surface area contributed by atoms with Crippen LogP contribution in [-0.2, 0) is 9.59 Å². The standard InChI is InChI=1S/C28H37N3O4/c1-7-30(8-2)21-13-11-20(12-14-21)25-24(26(32)22-18-19(3)10-15-23(22)35-6)27(33)28(34)31(25)17-9-16-29(4)5/h10-15,18,25,32H,7-9,16-17H2,1-6H3/b26-24+. The second-order valence-corrected chi connectivity index (χ2v) is 9.12. The Labute approximate surface area is 208 Å². The van der Waals surface area contributed by atoms with Crippen LogP contribution < -0.4 is 9.64 Å². The van der Waals surface area contributed by atoms with Gasteiger partial charge in [0.15, 0.2) is 0 Å². The molecule has 2 aromatic rings. The van der Waals surface area contributed by atoms with Crippen LogP contribution in [0.4, 0.5) is 5.69 Å². The Morgan fingerprint density at radius 2 is 1.71 bits per heavy atom. The lowest BCUT2D eigenvalue weighted by molar-refractivity contribution is -0.139. The quantitative estimate of drug-likeness (QED) is 0.312. The fourth-order valence-electron chi connectivity index (χ4n) is 4.62. The summed E-state index contributed by atoms with van der Waals surface area (Å²) in [6.07, 6.45) is 0.710. The van der Waals surface area contributed by atoms with E-state index in [2.05, 4.69) is 18.7 Å². The number of carbonyl (C=O) groups is 2. The SMILES string of the molecule is CCN(CC)c1ccc(C2/C(=C(\O)c3cc(C)ccc3OC)C(=O)C(=O)N2CCCN(C)C)cc1. The number of Topliss-reactive ketones (excluding diaryl/α,β-unsaturated/α-hetero) is 1. The lowest BCUT2D eigenvalue weighted by atomic mass is 9.94. The number of ether oxygens (including phenoxy) is 1. The fraction of sp³-hybridized carbons (Fsp3) is 0.429. The molecular formula is C28H37N3O4. The van der Waals surface area contributed by atoms with E-state index in [1.54, 1.807) is 17.0 Å². The van der Waals surface area contributed by atoms with Gasteiger partial charge in [0.25, 0.3) is 11.7 Å². The predicted octanol–water partition coefficient (Wildman–Crippen LogP) is 4.22. The summed E-state index contributed by atoms with van der Waals surface area (Å²) in [5.41, 5.74) is 3.28. The molecule has 1 heterocycles. The summed E-state index contributed by atoms with van der Waals surface area (Å²) in [6.45, 7) is 9.06. The van der Waals surface area contributed by atoms with Crippen LogP contribution in [0.1, 0.15) is 43.0 Å². The Morgan fingerprint density at radius 1 is 1.06 bits per heavy atom. The van der Waals surface area contributed by atoms with Crippen molar-refractivity contribution in [2.24, 2.45) is 0 Å². The normalized spacial score (nSPS) is 17.3. The van der Waals surface area contributed by atoms with Crippen molar-refractivity contribution in [3.05, 3.63) is 64.7 Å². The Morgan fingerprint density at radius 3 is 2.29 bits per heavy atom. The maximum Gasteiger partial charge on any atom is 0.295 e. The topological polar surface area (TPSA) is 73.3 Å². The zero-order chi connectivity index (χ0) is 25.7. The van der Waals surface area contributed by atoms with Crippen LogP contribution in [0.2, 0.25) is 0 Å². The number of methoxy groups -OCH3 is 1. The number of ketones is 1. The first-order valence-electron chi connectivity index (χ1n) is 12.2. The van der Waals surface area contributed by atoms with E-state index in [0.717, 1.165) is 36.4 Å². The van der Waals surface area contributed by atoms with Gasteiger partial charge in [-0.1, -0.05) is 23.8 Å². The second-order valence-electron chi connectivity index (χ2n) is 9.12. The minimum Gasteiger partial charge on any atom is -0.507 e. The molecule has 3 rings (SSSR count). The zero-order valence-corrected chi connectivity index (χ0v) is 21.7. The van der Waals surface area contributed by atoms with E-state index >= 15 is 0 Å². The van der Waals surface area contributed by atoms with Crippen LogP contribution in [-0.4, -0.2) is 74.0 Å². The van der Waals surface area contributed by atoms with Crippen molar-refractivity contribution in [2.45, 2.75) is 33.2 Å².